The lowest BCUT2D eigenvalue weighted by atomic mass is 9.98. The summed E-state index contributed by atoms with van der Waals surface area (Å²) in [6, 6.07) is 7.60. The monoisotopic (exact) mass is 332 g/mol. The van der Waals surface area contributed by atoms with Gasteiger partial charge < -0.3 is 20.4 Å². The number of piperidine rings is 1. The highest BCUT2D eigenvalue weighted by Crippen LogP contribution is 2.21. The van der Waals surface area contributed by atoms with Crippen molar-refractivity contribution in [2.75, 3.05) is 6.54 Å². The van der Waals surface area contributed by atoms with Crippen LogP contribution in [0.1, 0.15) is 18.5 Å². The molecule has 24 heavy (non-hydrogen) atoms. The van der Waals surface area contributed by atoms with Crippen LogP contribution in [0.25, 0.3) is 11.3 Å². The topological polar surface area (TPSA) is 103 Å². The molecule has 3 N–H and O–H groups in total. The number of amides is 1. The minimum atomic E-state index is -0.314. The molecule has 126 valence electrons. The fraction of sp³-hybridized carbons (Fsp3) is 0.312. The fourth-order valence-corrected chi connectivity index (χ4v) is 2.36. The molecule has 1 unspecified atom stereocenters. The van der Waals surface area contributed by atoms with Gasteiger partial charge in [-0.25, -0.2) is 4.39 Å². The van der Waals surface area contributed by atoms with E-state index in [1.165, 1.54) is 12.1 Å². The van der Waals surface area contributed by atoms with Crippen LogP contribution >= 0.6 is 0 Å². The minimum Gasteiger partial charge on any atom is -0.388 e. The molecule has 1 atom stereocenters. The fourth-order valence-electron chi connectivity index (χ4n) is 2.36. The van der Waals surface area contributed by atoms with E-state index >= 15 is 0 Å². The normalized spacial score (nSPS) is 18.3. The van der Waals surface area contributed by atoms with E-state index in [4.69, 9.17) is 15.1 Å². The van der Waals surface area contributed by atoms with Gasteiger partial charge in [0.2, 0.25) is 5.91 Å². The Labute approximate surface area is 137 Å². The third-order valence-corrected chi connectivity index (χ3v) is 3.75. The third-order valence-electron chi connectivity index (χ3n) is 3.75. The number of nitrogens with two attached hydrogens (primary N) is 1. The maximum atomic E-state index is 12.9. The lowest BCUT2D eigenvalue weighted by molar-refractivity contribution is -0.122. The summed E-state index contributed by atoms with van der Waals surface area (Å²) in [5, 5.41) is 10.5. The standard InChI is InChI=1S/C16H17FN4O3/c17-12-4-1-10(2-5-12)14-7-13(20-24-14)9-23-21-16(18)11-3-6-15(22)19-8-11/h1-2,4-5,7,11H,3,6,8-9H2,(H2,18,21)(H,19,22). The number of nitrogens with one attached hydrogen (secondary N) is 1. The summed E-state index contributed by atoms with van der Waals surface area (Å²) in [5.41, 5.74) is 7.13. The zero-order valence-corrected chi connectivity index (χ0v) is 12.9. The molecule has 2 heterocycles. The molecule has 1 aliphatic heterocycles. The number of carbonyl (C=O) groups is 1. The molecule has 1 fully saturated rings. The number of hydrogen-bond acceptors (Lipinski definition) is 5. The van der Waals surface area contributed by atoms with E-state index in [1.54, 1.807) is 18.2 Å². The van der Waals surface area contributed by atoms with Gasteiger partial charge in [-0.3, -0.25) is 4.79 Å². The molecule has 2 aromatic rings. The van der Waals surface area contributed by atoms with Crippen molar-refractivity contribution in [1.29, 1.82) is 0 Å². The van der Waals surface area contributed by atoms with Crippen LogP contribution in [0.4, 0.5) is 4.39 Å². The Hall–Kier alpha value is -2.90. The van der Waals surface area contributed by atoms with E-state index in [2.05, 4.69) is 15.6 Å². The molecule has 1 aromatic carbocycles. The molecule has 1 saturated heterocycles. The Balaban J connectivity index is 1.54. The van der Waals surface area contributed by atoms with Crippen molar-refractivity contribution in [3.8, 4) is 11.3 Å². The van der Waals surface area contributed by atoms with Gasteiger partial charge in [-0.1, -0.05) is 10.3 Å². The van der Waals surface area contributed by atoms with Gasteiger partial charge in [0.25, 0.3) is 0 Å². The number of hydrogen-bond donors (Lipinski definition) is 2. The summed E-state index contributed by atoms with van der Waals surface area (Å²) in [7, 11) is 0. The molecule has 0 spiro atoms. The van der Waals surface area contributed by atoms with Crippen LogP contribution in [0.5, 0.6) is 0 Å². The van der Waals surface area contributed by atoms with Crippen molar-refractivity contribution in [1.82, 2.24) is 10.5 Å². The SMILES string of the molecule is N/C(=N\OCc1cc(-c2ccc(F)cc2)on1)C1CCC(=O)NC1. The Morgan fingerprint density at radius 1 is 1.46 bits per heavy atom. The summed E-state index contributed by atoms with van der Waals surface area (Å²) in [5.74, 6) is 0.550. The molecule has 0 aliphatic carbocycles. The molecule has 0 saturated carbocycles. The number of amidine groups is 1. The first-order valence-electron chi connectivity index (χ1n) is 7.55. The summed E-state index contributed by atoms with van der Waals surface area (Å²) in [4.78, 5) is 16.3. The van der Waals surface area contributed by atoms with Crippen LogP contribution in [-0.2, 0) is 16.2 Å². The maximum Gasteiger partial charge on any atom is 0.220 e. The van der Waals surface area contributed by atoms with Crippen LogP contribution in [-0.4, -0.2) is 23.4 Å². The number of halogens is 1. The van der Waals surface area contributed by atoms with Crippen LogP contribution in [0, 0.1) is 11.7 Å². The second-order valence-electron chi connectivity index (χ2n) is 5.52. The van der Waals surface area contributed by atoms with Crippen LogP contribution in [0.15, 0.2) is 40.0 Å². The van der Waals surface area contributed by atoms with Crippen molar-refractivity contribution < 1.29 is 18.5 Å². The lowest BCUT2D eigenvalue weighted by Crippen LogP contribution is -2.41. The highest BCUT2D eigenvalue weighted by molar-refractivity contribution is 5.85. The van der Waals surface area contributed by atoms with Crippen molar-refractivity contribution in [3.05, 3.63) is 41.8 Å². The Morgan fingerprint density at radius 2 is 2.25 bits per heavy atom. The second kappa shape index (κ2) is 7.12. The molecule has 7 nitrogen and oxygen atoms in total. The largest absolute Gasteiger partial charge is 0.388 e. The molecule has 8 heteroatoms. The van der Waals surface area contributed by atoms with Crippen LogP contribution in [0.2, 0.25) is 0 Å². The summed E-state index contributed by atoms with van der Waals surface area (Å²) in [6.07, 6.45) is 1.09. The van der Waals surface area contributed by atoms with Crippen molar-refractivity contribution in [3.63, 3.8) is 0 Å². The number of carbonyl (C=O) groups excluding carboxylic acids is 1. The minimum absolute atomic E-state index is 0.0187. The van der Waals surface area contributed by atoms with Crippen LogP contribution < -0.4 is 11.1 Å². The smallest absolute Gasteiger partial charge is 0.220 e. The van der Waals surface area contributed by atoms with E-state index < -0.39 is 0 Å². The van der Waals surface area contributed by atoms with Gasteiger partial charge in [0.1, 0.15) is 17.3 Å². The molecule has 1 aliphatic rings. The van der Waals surface area contributed by atoms with E-state index in [1.807, 2.05) is 0 Å². The van der Waals surface area contributed by atoms with E-state index in [-0.39, 0.29) is 24.2 Å². The van der Waals surface area contributed by atoms with Gasteiger partial charge >= 0.3 is 0 Å². The van der Waals surface area contributed by atoms with Gasteiger partial charge in [0, 0.05) is 30.5 Å². The lowest BCUT2D eigenvalue weighted by Gasteiger charge is -2.21. The zero-order valence-electron chi connectivity index (χ0n) is 12.9. The van der Waals surface area contributed by atoms with Gasteiger partial charge in [-0.2, -0.15) is 0 Å². The molecule has 3 rings (SSSR count). The third kappa shape index (κ3) is 3.89. The summed E-state index contributed by atoms with van der Waals surface area (Å²) < 4.78 is 18.1. The van der Waals surface area contributed by atoms with E-state index in [9.17, 15) is 9.18 Å². The Morgan fingerprint density at radius 3 is 2.96 bits per heavy atom. The molecule has 0 radical (unpaired) electrons. The average molecular weight is 332 g/mol. The Kier molecular flexibility index (Phi) is 4.74. The maximum absolute atomic E-state index is 12.9. The first-order valence-corrected chi connectivity index (χ1v) is 7.55. The summed E-state index contributed by atoms with van der Waals surface area (Å²) >= 11 is 0. The molecule has 0 bridgehead atoms. The van der Waals surface area contributed by atoms with E-state index in [0.717, 1.165) is 5.56 Å². The first kappa shape index (κ1) is 16.0. The average Bonchev–Trinajstić information content (AvgIpc) is 3.05. The number of rotatable bonds is 5. The molecular formula is C16H17FN4O3. The highest BCUT2D eigenvalue weighted by atomic mass is 19.1. The van der Waals surface area contributed by atoms with Gasteiger partial charge in [0.05, 0.1) is 0 Å². The summed E-state index contributed by atoms with van der Waals surface area (Å²) in [6.45, 7) is 0.570. The van der Waals surface area contributed by atoms with Crippen molar-refractivity contribution in [2.45, 2.75) is 19.4 Å². The zero-order chi connectivity index (χ0) is 16.9. The number of aromatic nitrogens is 1. The van der Waals surface area contributed by atoms with Gasteiger partial charge in [-0.15, -0.1) is 0 Å². The van der Waals surface area contributed by atoms with Crippen LogP contribution in [0.3, 0.4) is 0 Å². The van der Waals surface area contributed by atoms with Crippen molar-refractivity contribution >= 4 is 11.7 Å². The predicted molar refractivity (Wildman–Crippen MR) is 84.0 cm³/mol. The first-order chi connectivity index (χ1) is 11.6. The molecule has 1 aromatic heterocycles. The highest BCUT2D eigenvalue weighted by Gasteiger charge is 2.21. The van der Waals surface area contributed by atoms with Crippen molar-refractivity contribution in [2.24, 2.45) is 16.8 Å². The van der Waals surface area contributed by atoms with Gasteiger partial charge in [0.15, 0.2) is 12.4 Å². The molecular weight excluding hydrogens is 315 g/mol. The Bertz CT molecular complexity index is 732. The number of oxime groups is 1. The number of benzene rings is 1. The van der Waals surface area contributed by atoms with Gasteiger partial charge in [-0.05, 0) is 30.7 Å². The predicted octanol–water partition coefficient (Wildman–Crippen LogP) is 1.80. The second-order valence-corrected chi connectivity index (χ2v) is 5.52. The quantitative estimate of drug-likeness (QED) is 0.494. The number of nitrogens with zero attached hydrogens (tertiary/aromatic N) is 2. The van der Waals surface area contributed by atoms with E-state index in [0.29, 0.717) is 36.7 Å². The molecule has 1 amide bonds.